The van der Waals surface area contributed by atoms with Crippen molar-refractivity contribution in [3.05, 3.63) is 77.7 Å². The zero-order chi connectivity index (χ0) is 23.3. The van der Waals surface area contributed by atoms with Crippen LogP contribution in [0.15, 0.2) is 70.2 Å². The van der Waals surface area contributed by atoms with Gasteiger partial charge in [0.2, 0.25) is 15.9 Å². The van der Waals surface area contributed by atoms with Crippen LogP contribution in [0.25, 0.3) is 0 Å². The third-order valence-corrected chi connectivity index (χ3v) is 7.04. The third kappa shape index (κ3) is 5.74. The van der Waals surface area contributed by atoms with Crippen LogP contribution >= 0.6 is 0 Å². The molecular weight excluding hydrogens is 444 g/mol. The van der Waals surface area contributed by atoms with Gasteiger partial charge in [0.15, 0.2) is 11.5 Å². The van der Waals surface area contributed by atoms with E-state index >= 15 is 0 Å². The molecule has 4 rings (SSSR count). The summed E-state index contributed by atoms with van der Waals surface area (Å²) >= 11 is 0. The van der Waals surface area contributed by atoms with Crippen molar-refractivity contribution in [3.63, 3.8) is 0 Å². The lowest BCUT2D eigenvalue weighted by molar-refractivity contribution is -0.121. The average Bonchev–Trinajstić information content (AvgIpc) is 3.32. The van der Waals surface area contributed by atoms with Crippen molar-refractivity contribution < 1.29 is 27.1 Å². The van der Waals surface area contributed by atoms with Crippen LogP contribution in [-0.4, -0.2) is 44.9 Å². The number of fused-ring (bicyclic) bond motifs is 1. The number of rotatable bonds is 9. The Morgan fingerprint density at radius 2 is 1.79 bits per heavy atom. The quantitative estimate of drug-likeness (QED) is 0.516. The monoisotopic (exact) mass is 470 g/mol. The summed E-state index contributed by atoms with van der Waals surface area (Å²) in [7, 11) is -3.89. The van der Waals surface area contributed by atoms with Gasteiger partial charge < -0.3 is 19.2 Å². The Hall–Kier alpha value is -3.30. The van der Waals surface area contributed by atoms with E-state index in [2.05, 4.69) is 5.32 Å². The molecule has 0 saturated carbocycles. The highest BCUT2D eigenvalue weighted by Gasteiger charge is 2.27. The number of amides is 1. The minimum absolute atomic E-state index is 0.0429. The molecule has 0 fully saturated rings. The van der Waals surface area contributed by atoms with Gasteiger partial charge in [0.25, 0.3) is 0 Å². The molecule has 1 aromatic heterocycles. The molecule has 2 aromatic carbocycles. The first kappa shape index (κ1) is 22.9. The van der Waals surface area contributed by atoms with Crippen LogP contribution < -0.4 is 14.8 Å². The van der Waals surface area contributed by atoms with Crippen molar-refractivity contribution in [1.82, 2.24) is 9.62 Å². The van der Waals surface area contributed by atoms with E-state index in [-0.39, 0.29) is 18.0 Å². The number of furan rings is 1. The highest BCUT2D eigenvalue weighted by Crippen LogP contribution is 2.30. The van der Waals surface area contributed by atoms with E-state index in [9.17, 15) is 13.2 Å². The Morgan fingerprint density at radius 1 is 1.03 bits per heavy atom. The molecule has 3 aromatic rings. The largest absolute Gasteiger partial charge is 0.486 e. The Balaban J connectivity index is 1.40. The topological polar surface area (TPSA) is 98.1 Å². The van der Waals surface area contributed by atoms with Crippen LogP contribution in [-0.2, 0) is 27.8 Å². The van der Waals surface area contributed by atoms with Crippen LogP contribution in [0, 0.1) is 6.92 Å². The van der Waals surface area contributed by atoms with Crippen molar-refractivity contribution in [2.45, 2.75) is 24.8 Å². The average molecular weight is 471 g/mol. The lowest BCUT2D eigenvalue weighted by Gasteiger charge is -2.21. The first-order chi connectivity index (χ1) is 15.9. The summed E-state index contributed by atoms with van der Waals surface area (Å²) in [4.78, 5) is 12.8. The normalized spacial score (nSPS) is 13.2. The fourth-order valence-electron chi connectivity index (χ4n) is 3.47. The number of hydrogen-bond acceptors (Lipinski definition) is 6. The molecule has 0 bridgehead atoms. The standard InChI is InChI=1S/C24H26N2O6S/c1-18-4-7-21(8-5-18)33(28,29)26(16-20-3-2-12-30-20)17-24(27)25-11-10-19-6-9-22-23(15-19)32-14-13-31-22/h2-9,12,15H,10-11,13-14,16-17H2,1H3,(H,25,27). The van der Waals surface area contributed by atoms with Crippen LogP contribution in [0.3, 0.4) is 0 Å². The molecule has 1 N–H and O–H groups in total. The Bertz CT molecular complexity index is 1190. The highest BCUT2D eigenvalue weighted by molar-refractivity contribution is 7.89. The van der Waals surface area contributed by atoms with E-state index < -0.39 is 15.9 Å². The SMILES string of the molecule is Cc1ccc(S(=O)(=O)N(CC(=O)NCCc2ccc3c(c2)OCCO3)Cc2ccco2)cc1. The summed E-state index contributed by atoms with van der Waals surface area (Å²) in [5.41, 5.74) is 1.93. The van der Waals surface area contributed by atoms with Gasteiger partial charge in [-0.3, -0.25) is 4.79 Å². The van der Waals surface area contributed by atoms with E-state index in [1.54, 1.807) is 36.4 Å². The van der Waals surface area contributed by atoms with E-state index in [1.807, 2.05) is 25.1 Å². The molecule has 1 amide bonds. The second-order valence-electron chi connectivity index (χ2n) is 7.74. The van der Waals surface area contributed by atoms with Gasteiger partial charge in [-0.25, -0.2) is 8.42 Å². The van der Waals surface area contributed by atoms with Crippen molar-refractivity contribution >= 4 is 15.9 Å². The van der Waals surface area contributed by atoms with Gasteiger partial charge in [-0.1, -0.05) is 23.8 Å². The molecule has 0 unspecified atom stereocenters. The second kappa shape index (κ2) is 10.1. The Labute approximate surface area is 193 Å². The zero-order valence-electron chi connectivity index (χ0n) is 18.3. The van der Waals surface area contributed by atoms with Gasteiger partial charge in [0, 0.05) is 6.54 Å². The summed E-state index contributed by atoms with van der Waals surface area (Å²) in [5, 5.41) is 2.81. The van der Waals surface area contributed by atoms with Crippen LogP contribution in [0.2, 0.25) is 0 Å². The molecule has 0 spiro atoms. The van der Waals surface area contributed by atoms with Crippen molar-refractivity contribution in [2.75, 3.05) is 26.3 Å². The van der Waals surface area contributed by atoms with Crippen LogP contribution in [0.1, 0.15) is 16.9 Å². The van der Waals surface area contributed by atoms with Gasteiger partial charge >= 0.3 is 0 Å². The predicted molar refractivity (Wildman–Crippen MR) is 122 cm³/mol. The van der Waals surface area contributed by atoms with E-state index in [0.717, 1.165) is 15.4 Å². The zero-order valence-corrected chi connectivity index (χ0v) is 19.1. The van der Waals surface area contributed by atoms with Gasteiger partial charge in [-0.2, -0.15) is 4.31 Å². The molecule has 1 aliphatic rings. The molecule has 0 aliphatic carbocycles. The number of sulfonamides is 1. The number of benzene rings is 2. The summed E-state index contributed by atoms with van der Waals surface area (Å²) in [6.45, 7) is 2.91. The van der Waals surface area contributed by atoms with E-state index in [0.29, 0.717) is 43.4 Å². The van der Waals surface area contributed by atoms with Gasteiger partial charge in [-0.05, 0) is 55.3 Å². The molecule has 174 valence electrons. The summed E-state index contributed by atoms with van der Waals surface area (Å²) in [6.07, 6.45) is 2.05. The maximum absolute atomic E-state index is 13.2. The highest BCUT2D eigenvalue weighted by atomic mass is 32.2. The van der Waals surface area contributed by atoms with E-state index in [1.165, 1.54) is 6.26 Å². The van der Waals surface area contributed by atoms with Crippen LogP contribution in [0.5, 0.6) is 11.5 Å². The van der Waals surface area contributed by atoms with Crippen molar-refractivity contribution in [3.8, 4) is 11.5 Å². The molecule has 1 aliphatic heterocycles. The maximum Gasteiger partial charge on any atom is 0.243 e. The number of carbonyl (C=O) groups is 1. The fraction of sp³-hybridized carbons (Fsp3) is 0.292. The number of ether oxygens (including phenoxy) is 2. The molecule has 2 heterocycles. The van der Waals surface area contributed by atoms with Crippen LogP contribution in [0.4, 0.5) is 0 Å². The first-order valence-electron chi connectivity index (χ1n) is 10.7. The minimum atomic E-state index is -3.89. The second-order valence-corrected chi connectivity index (χ2v) is 9.68. The summed E-state index contributed by atoms with van der Waals surface area (Å²) < 4.78 is 44.0. The summed E-state index contributed by atoms with van der Waals surface area (Å²) in [5.74, 6) is 1.47. The molecule has 0 atom stereocenters. The molecule has 8 nitrogen and oxygen atoms in total. The number of nitrogens with one attached hydrogen (secondary N) is 1. The first-order valence-corrected chi connectivity index (χ1v) is 12.1. The van der Waals surface area contributed by atoms with Gasteiger partial charge in [-0.15, -0.1) is 0 Å². The molecular formula is C24H26N2O6S. The smallest absolute Gasteiger partial charge is 0.243 e. The van der Waals surface area contributed by atoms with Crippen molar-refractivity contribution in [1.29, 1.82) is 0 Å². The fourth-order valence-corrected chi connectivity index (χ4v) is 4.83. The molecule has 0 saturated heterocycles. The van der Waals surface area contributed by atoms with E-state index in [4.69, 9.17) is 13.9 Å². The number of aryl methyl sites for hydroxylation is 1. The Kier molecular flexibility index (Phi) is 7.00. The lowest BCUT2D eigenvalue weighted by atomic mass is 10.1. The van der Waals surface area contributed by atoms with Gasteiger partial charge in [0.1, 0.15) is 19.0 Å². The lowest BCUT2D eigenvalue weighted by Crippen LogP contribution is -2.40. The molecule has 0 radical (unpaired) electrons. The third-order valence-electron chi connectivity index (χ3n) is 5.23. The van der Waals surface area contributed by atoms with Crippen molar-refractivity contribution in [2.24, 2.45) is 0 Å². The maximum atomic E-state index is 13.2. The minimum Gasteiger partial charge on any atom is -0.486 e. The molecule has 33 heavy (non-hydrogen) atoms. The van der Waals surface area contributed by atoms with Gasteiger partial charge in [0.05, 0.1) is 24.2 Å². The number of nitrogens with zero attached hydrogens (tertiary/aromatic N) is 1. The number of carbonyl (C=O) groups excluding carboxylic acids is 1. The number of hydrogen-bond donors (Lipinski definition) is 1. The summed E-state index contributed by atoms with van der Waals surface area (Å²) in [6, 6.07) is 15.6. The predicted octanol–water partition coefficient (Wildman–Crippen LogP) is 2.91. The molecule has 9 heteroatoms. The Morgan fingerprint density at radius 3 is 2.52 bits per heavy atom.